The first-order chi connectivity index (χ1) is 11.0. The zero-order chi connectivity index (χ0) is 17.0. The highest BCUT2D eigenvalue weighted by atomic mass is 16.6. The minimum Gasteiger partial charge on any atom is -0.491 e. The van der Waals surface area contributed by atoms with Crippen molar-refractivity contribution in [2.45, 2.75) is 27.3 Å². The van der Waals surface area contributed by atoms with Crippen molar-refractivity contribution < 1.29 is 14.8 Å². The summed E-state index contributed by atoms with van der Waals surface area (Å²) in [6.07, 6.45) is 0. The summed E-state index contributed by atoms with van der Waals surface area (Å²) in [5.74, 6) is 1.03. The van der Waals surface area contributed by atoms with Gasteiger partial charge >= 0.3 is 5.69 Å². The van der Waals surface area contributed by atoms with Crippen LogP contribution in [0.3, 0.4) is 0 Å². The summed E-state index contributed by atoms with van der Waals surface area (Å²) in [5, 5.41) is 27.3. The molecule has 1 aromatic carbocycles. The molecule has 0 amide bonds. The molecule has 0 unspecified atom stereocenters. The van der Waals surface area contributed by atoms with Crippen LogP contribution in [0.25, 0.3) is 0 Å². The Hall–Kier alpha value is -2.61. The molecule has 0 spiro atoms. The lowest BCUT2D eigenvalue weighted by Gasteiger charge is -2.11. The van der Waals surface area contributed by atoms with Gasteiger partial charge < -0.3 is 15.2 Å². The number of benzene rings is 1. The van der Waals surface area contributed by atoms with Crippen LogP contribution in [0.4, 0.5) is 17.2 Å². The third-order valence-electron chi connectivity index (χ3n) is 3.36. The topological polar surface area (TPSA) is 102 Å². The normalized spacial score (nSPS) is 10.6. The number of aliphatic hydroxyl groups excluding tert-OH is 1. The molecule has 8 nitrogen and oxygen atoms in total. The zero-order valence-electron chi connectivity index (χ0n) is 13.4. The number of hydrogen-bond donors (Lipinski definition) is 2. The quantitative estimate of drug-likeness (QED) is 0.600. The summed E-state index contributed by atoms with van der Waals surface area (Å²) >= 11 is 0. The molecule has 124 valence electrons. The molecule has 0 aliphatic rings. The maximum absolute atomic E-state index is 11.3. The average Bonchev–Trinajstić information content (AvgIpc) is 2.82. The fourth-order valence-electron chi connectivity index (χ4n) is 2.32. The van der Waals surface area contributed by atoms with E-state index in [9.17, 15) is 10.1 Å². The molecule has 0 bridgehead atoms. The number of aliphatic hydroxyl groups is 1. The molecule has 1 heterocycles. The van der Waals surface area contributed by atoms with Gasteiger partial charge in [-0.05, 0) is 44.5 Å². The fourth-order valence-corrected chi connectivity index (χ4v) is 2.32. The lowest BCUT2D eigenvalue weighted by molar-refractivity contribution is -0.384. The summed E-state index contributed by atoms with van der Waals surface area (Å²) in [6, 6.07) is 5.36. The van der Waals surface area contributed by atoms with Gasteiger partial charge in [0.25, 0.3) is 0 Å². The third kappa shape index (κ3) is 3.59. The Kier molecular flexibility index (Phi) is 5.17. The van der Waals surface area contributed by atoms with E-state index in [-0.39, 0.29) is 18.9 Å². The van der Waals surface area contributed by atoms with E-state index in [2.05, 4.69) is 10.4 Å². The number of nitrogens with one attached hydrogen (secondary N) is 1. The summed E-state index contributed by atoms with van der Waals surface area (Å²) in [4.78, 5) is 10.8. The van der Waals surface area contributed by atoms with Crippen LogP contribution >= 0.6 is 0 Å². The number of aromatic nitrogens is 2. The Morgan fingerprint density at radius 1 is 1.43 bits per heavy atom. The summed E-state index contributed by atoms with van der Waals surface area (Å²) < 4.78 is 6.97. The second kappa shape index (κ2) is 7.10. The van der Waals surface area contributed by atoms with Crippen LogP contribution in [0.15, 0.2) is 18.2 Å². The highest BCUT2D eigenvalue weighted by molar-refractivity contribution is 5.68. The molecular weight excluding hydrogens is 300 g/mol. The number of rotatable bonds is 7. The lowest BCUT2D eigenvalue weighted by atomic mass is 10.2. The number of anilines is 2. The predicted octanol–water partition coefficient (Wildman–Crippen LogP) is 2.54. The Bertz CT molecular complexity index is 712. The van der Waals surface area contributed by atoms with Gasteiger partial charge in [0.05, 0.1) is 11.5 Å². The van der Waals surface area contributed by atoms with Crippen LogP contribution in [-0.4, -0.2) is 33.0 Å². The number of nitrogens with zero attached hydrogens (tertiary/aromatic N) is 3. The van der Waals surface area contributed by atoms with Crippen LogP contribution < -0.4 is 10.1 Å². The second-order valence-corrected chi connectivity index (χ2v) is 5.03. The molecule has 23 heavy (non-hydrogen) atoms. The zero-order valence-corrected chi connectivity index (χ0v) is 13.4. The molecule has 0 saturated carbocycles. The number of nitro groups is 1. The Morgan fingerprint density at radius 2 is 2.17 bits per heavy atom. The van der Waals surface area contributed by atoms with Crippen LogP contribution in [-0.2, 0) is 6.54 Å². The molecule has 8 heteroatoms. The van der Waals surface area contributed by atoms with Gasteiger partial charge in [0.15, 0.2) is 0 Å². The van der Waals surface area contributed by atoms with Crippen molar-refractivity contribution in [1.82, 2.24) is 9.78 Å². The van der Waals surface area contributed by atoms with Crippen LogP contribution in [0.2, 0.25) is 0 Å². The van der Waals surface area contributed by atoms with Crippen molar-refractivity contribution in [3.63, 3.8) is 0 Å². The SMILES string of the molecule is CCn1nc(C)c([N+](=O)[O-])c1Nc1ccc(OCCO)c(C)c1. The van der Waals surface area contributed by atoms with Gasteiger partial charge in [-0.25, -0.2) is 4.68 Å². The fraction of sp³-hybridized carbons (Fsp3) is 0.400. The molecule has 0 aliphatic heterocycles. The molecule has 1 aromatic heterocycles. The van der Waals surface area contributed by atoms with E-state index in [4.69, 9.17) is 9.84 Å². The largest absolute Gasteiger partial charge is 0.491 e. The average molecular weight is 320 g/mol. The van der Waals surface area contributed by atoms with E-state index in [0.717, 1.165) is 5.56 Å². The van der Waals surface area contributed by atoms with Gasteiger partial charge in [0.2, 0.25) is 5.82 Å². The molecule has 0 atom stereocenters. The monoisotopic (exact) mass is 320 g/mol. The highest BCUT2D eigenvalue weighted by Crippen LogP contribution is 2.32. The van der Waals surface area contributed by atoms with Crippen LogP contribution in [0, 0.1) is 24.0 Å². The standard InChI is InChI=1S/C15H20N4O4/c1-4-18-15(14(19(21)22)11(3)17-18)16-12-5-6-13(10(2)9-12)23-8-7-20/h5-6,9,16,20H,4,7-8H2,1-3H3. The molecule has 2 rings (SSSR count). The van der Waals surface area contributed by atoms with Crippen LogP contribution in [0.1, 0.15) is 18.2 Å². The summed E-state index contributed by atoms with van der Waals surface area (Å²) in [7, 11) is 0. The minimum atomic E-state index is -0.428. The predicted molar refractivity (Wildman–Crippen MR) is 86.3 cm³/mol. The molecule has 0 radical (unpaired) electrons. The van der Waals surface area contributed by atoms with E-state index in [0.29, 0.717) is 29.5 Å². The van der Waals surface area contributed by atoms with Crippen molar-refractivity contribution in [3.8, 4) is 5.75 Å². The first-order valence-electron chi connectivity index (χ1n) is 7.31. The minimum absolute atomic E-state index is 0.0230. The lowest BCUT2D eigenvalue weighted by Crippen LogP contribution is -2.05. The van der Waals surface area contributed by atoms with Crippen molar-refractivity contribution in [2.75, 3.05) is 18.5 Å². The first kappa shape index (κ1) is 16.8. The van der Waals surface area contributed by atoms with Crippen molar-refractivity contribution in [2.24, 2.45) is 0 Å². The van der Waals surface area contributed by atoms with E-state index >= 15 is 0 Å². The molecule has 2 N–H and O–H groups in total. The number of hydrogen-bond acceptors (Lipinski definition) is 6. The smallest absolute Gasteiger partial charge is 0.334 e. The number of aryl methyl sites for hydroxylation is 3. The maximum atomic E-state index is 11.3. The Balaban J connectivity index is 2.32. The van der Waals surface area contributed by atoms with Gasteiger partial charge in [0, 0.05) is 12.2 Å². The second-order valence-electron chi connectivity index (χ2n) is 5.03. The highest BCUT2D eigenvalue weighted by Gasteiger charge is 2.25. The van der Waals surface area contributed by atoms with E-state index in [1.807, 2.05) is 19.9 Å². The van der Waals surface area contributed by atoms with Crippen LogP contribution in [0.5, 0.6) is 5.75 Å². The Labute approximate surface area is 133 Å². The van der Waals surface area contributed by atoms with Gasteiger partial charge in [-0.2, -0.15) is 5.10 Å². The summed E-state index contributed by atoms with van der Waals surface area (Å²) in [6.45, 7) is 6.05. The molecule has 0 fully saturated rings. The number of ether oxygens (including phenoxy) is 1. The Morgan fingerprint density at radius 3 is 2.74 bits per heavy atom. The van der Waals surface area contributed by atoms with E-state index in [1.54, 1.807) is 23.7 Å². The maximum Gasteiger partial charge on any atom is 0.334 e. The van der Waals surface area contributed by atoms with Gasteiger partial charge in [-0.15, -0.1) is 0 Å². The van der Waals surface area contributed by atoms with Gasteiger partial charge in [-0.3, -0.25) is 10.1 Å². The third-order valence-corrected chi connectivity index (χ3v) is 3.36. The summed E-state index contributed by atoms with van der Waals surface area (Å²) in [5.41, 5.74) is 1.92. The van der Waals surface area contributed by atoms with Crippen molar-refractivity contribution in [3.05, 3.63) is 39.6 Å². The van der Waals surface area contributed by atoms with Gasteiger partial charge in [0.1, 0.15) is 18.1 Å². The van der Waals surface area contributed by atoms with Crippen molar-refractivity contribution >= 4 is 17.2 Å². The van der Waals surface area contributed by atoms with E-state index < -0.39 is 4.92 Å². The van der Waals surface area contributed by atoms with Crippen molar-refractivity contribution in [1.29, 1.82) is 0 Å². The molecule has 0 saturated heterocycles. The van der Waals surface area contributed by atoms with Gasteiger partial charge in [-0.1, -0.05) is 0 Å². The molecule has 2 aromatic rings. The molecule has 0 aliphatic carbocycles. The first-order valence-corrected chi connectivity index (χ1v) is 7.31. The van der Waals surface area contributed by atoms with E-state index in [1.165, 1.54) is 0 Å². The molecular formula is C15H20N4O4.